The number of carboxylic acid groups (broad SMARTS) is 1. The van der Waals surface area contributed by atoms with Crippen LogP contribution in [0, 0.1) is 0 Å². The molecule has 1 N–H and O–H groups in total. The zero-order valence-electron chi connectivity index (χ0n) is 10.8. The predicted octanol–water partition coefficient (Wildman–Crippen LogP) is 2.06. The van der Waals surface area contributed by atoms with E-state index >= 15 is 0 Å². The second-order valence-electron chi connectivity index (χ2n) is 3.45. The van der Waals surface area contributed by atoms with Crippen molar-refractivity contribution in [2.45, 2.75) is 33.1 Å². The Bertz CT molecular complexity index is 351. The Labute approximate surface area is 107 Å². The number of aromatic nitrogens is 1. The summed E-state index contributed by atoms with van der Waals surface area (Å²) >= 11 is 0. The van der Waals surface area contributed by atoms with E-state index in [9.17, 15) is 9.59 Å². The minimum absolute atomic E-state index is 0.228. The van der Waals surface area contributed by atoms with E-state index in [1.165, 1.54) is 12.1 Å². The number of ether oxygens (including phenoxy) is 1. The highest BCUT2D eigenvalue weighted by Gasteiger charge is 2.06. The summed E-state index contributed by atoms with van der Waals surface area (Å²) < 4.78 is 4.33. The summed E-state index contributed by atoms with van der Waals surface area (Å²) in [5, 5.41) is 8.01. The molecule has 0 aromatic carbocycles. The van der Waals surface area contributed by atoms with Crippen molar-refractivity contribution in [2.75, 3.05) is 6.61 Å². The first-order valence-corrected chi connectivity index (χ1v) is 5.87. The van der Waals surface area contributed by atoms with Gasteiger partial charge in [-0.1, -0.05) is 19.4 Å². The smallest absolute Gasteiger partial charge is 0.317 e. The van der Waals surface area contributed by atoms with E-state index in [0.717, 1.165) is 6.42 Å². The lowest BCUT2D eigenvalue weighted by Gasteiger charge is -1.95. The van der Waals surface area contributed by atoms with Gasteiger partial charge in [0.05, 0.1) is 6.61 Å². The molecule has 0 atom stereocenters. The lowest BCUT2D eigenvalue weighted by atomic mass is 10.2. The van der Waals surface area contributed by atoms with Crippen molar-refractivity contribution in [1.82, 2.24) is 4.98 Å². The Morgan fingerprint density at radius 2 is 2.06 bits per heavy atom. The van der Waals surface area contributed by atoms with E-state index in [0.29, 0.717) is 0 Å². The minimum atomic E-state index is -1.16. The van der Waals surface area contributed by atoms with Gasteiger partial charge in [0.1, 0.15) is 6.42 Å². The number of esters is 1. The van der Waals surface area contributed by atoms with Gasteiger partial charge >= 0.3 is 11.9 Å². The van der Waals surface area contributed by atoms with Crippen molar-refractivity contribution in [3.05, 3.63) is 30.1 Å². The van der Waals surface area contributed by atoms with Crippen LogP contribution in [-0.4, -0.2) is 28.6 Å². The zero-order chi connectivity index (χ0) is 13.8. The lowest BCUT2D eigenvalue weighted by Crippen LogP contribution is -2.09. The van der Waals surface area contributed by atoms with Crippen LogP contribution in [0.3, 0.4) is 0 Å². The molecular formula is C13H19NO4. The van der Waals surface area contributed by atoms with E-state index in [4.69, 9.17) is 5.11 Å². The van der Waals surface area contributed by atoms with Gasteiger partial charge in [0.25, 0.3) is 0 Å². The SMILES string of the molecule is CCCc1ccccn1.CCOC(=O)CC(=O)O. The lowest BCUT2D eigenvalue weighted by molar-refractivity contribution is -0.150. The second kappa shape index (κ2) is 10.3. The van der Waals surface area contributed by atoms with Gasteiger partial charge in [0.15, 0.2) is 0 Å². The van der Waals surface area contributed by atoms with E-state index in [-0.39, 0.29) is 6.61 Å². The molecule has 5 heteroatoms. The Morgan fingerprint density at radius 1 is 1.33 bits per heavy atom. The van der Waals surface area contributed by atoms with E-state index < -0.39 is 18.4 Å². The number of pyridine rings is 1. The quantitative estimate of drug-likeness (QED) is 0.642. The van der Waals surface area contributed by atoms with Crippen LogP contribution in [0.25, 0.3) is 0 Å². The number of carbonyl (C=O) groups excluding carboxylic acids is 1. The van der Waals surface area contributed by atoms with Gasteiger partial charge in [-0.05, 0) is 25.5 Å². The van der Waals surface area contributed by atoms with Crippen LogP contribution in [0.1, 0.15) is 32.4 Å². The fourth-order valence-corrected chi connectivity index (χ4v) is 1.14. The van der Waals surface area contributed by atoms with Crippen LogP contribution < -0.4 is 0 Å². The van der Waals surface area contributed by atoms with E-state index in [2.05, 4.69) is 22.7 Å². The number of aliphatic carboxylic acids is 1. The molecule has 1 rings (SSSR count). The molecule has 0 bridgehead atoms. The predicted molar refractivity (Wildman–Crippen MR) is 67.1 cm³/mol. The Balaban J connectivity index is 0.000000321. The number of hydrogen-bond acceptors (Lipinski definition) is 4. The largest absolute Gasteiger partial charge is 0.481 e. The maximum atomic E-state index is 10.3. The molecule has 1 aromatic heterocycles. The Morgan fingerprint density at radius 3 is 2.50 bits per heavy atom. The van der Waals surface area contributed by atoms with Crippen molar-refractivity contribution in [3.63, 3.8) is 0 Å². The van der Waals surface area contributed by atoms with Gasteiger partial charge in [-0.2, -0.15) is 0 Å². The fraction of sp³-hybridized carbons (Fsp3) is 0.462. The number of nitrogens with zero attached hydrogens (tertiary/aromatic N) is 1. The monoisotopic (exact) mass is 253 g/mol. The molecule has 0 unspecified atom stereocenters. The fourth-order valence-electron chi connectivity index (χ4n) is 1.14. The molecule has 18 heavy (non-hydrogen) atoms. The summed E-state index contributed by atoms with van der Waals surface area (Å²) in [6.45, 7) is 4.01. The molecule has 0 saturated carbocycles. The Hall–Kier alpha value is -1.91. The van der Waals surface area contributed by atoms with Crippen LogP contribution in [0.15, 0.2) is 24.4 Å². The molecule has 1 heterocycles. The zero-order valence-corrected chi connectivity index (χ0v) is 10.8. The summed E-state index contributed by atoms with van der Waals surface area (Å²) in [7, 11) is 0. The van der Waals surface area contributed by atoms with Gasteiger partial charge in [0, 0.05) is 11.9 Å². The summed E-state index contributed by atoms with van der Waals surface area (Å²) in [6.07, 6.45) is 3.57. The van der Waals surface area contributed by atoms with Crippen molar-refractivity contribution in [2.24, 2.45) is 0 Å². The van der Waals surface area contributed by atoms with Crippen LogP contribution >= 0.6 is 0 Å². The van der Waals surface area contributed by atoms with E-state index in [1.807, 2.05) is 18.3 Å². The van der Waals surface area contributed by atoms with Crippen molar-refractivity contribution in [3.8, 4) is 0 Å². The average Bonchev–Trinajstić information content (AvgIpc) is 2.31. The normalized spacial score (nSPS) is 9.00. The molecule has 0 aliphatic carbocycles. The first-order valence-electron chi connectivity index (χ1n) is 5.87. The van der Waals surface area contributed by atoms with Crippen molar-refractivity contribution < 1.29 is 19.4 Å². The van der Waals surface area contributed by atoms with E-state index in [1.54, 1.807) is 6.92 Å². The third kappa shape index (κ3) is 9.33. The molecule has 0 fully saturated rings. The molecule has 100 valence electrons. The van der Waals surface area contributed by atoms with Crippen LogP contribution in [0.5, 0.6) is 0 Å². The molecule has 5 nitrogen and oxygen atoms in total. The first-order chi connectivity index (χ1) is 8.60. The van der Waals surface area contributed by atoms with Crippen LogP contribution in [-0.2, 0) is 20.7 Å². The summed E-state index contributed by atoms with van der Waals surface area (Å²) in [4.78, 5) is 24.2. The summed E-state index contributed by atoms with van der Waals surface area (Å²) in [5.74, 6) is -1.85. The highest BCUT2D eigenvalue weighted by atomic mass is 16.5. The molecule has 1 aromatic rings. The maximum Gasteiger partial charge on any atom is 0.317 e. The molecule has 0 spiro atoms. The van der Waals surface area contributed by atoms with Gasteiger partial charge in [-0.25, -0.2) is 0 Å². The molecular weight excluding hydrogens is 234 g/mol. The second-order valence-corrected chi connectivity index (χ2v) is 3.45. The maximum absolute atomic E-state index is 10.3. The van der Waals surface area contributed by atoms with Gasteiger partial charge in [-0.15, -0.1) is 0 Å². The third-order valence-electron chi connectivity index (χ3n) is 1.83. The number of carboxylic acids is 1. The van der Waals surface area contributed by atoms with Gasteiger partial charge < -0.3 is 9.84 Å². The summed E-state index contributed by atoms with van der Waals surface area (Å²) in [5.41, 5.74) is 1.19. The van der Waals surface area contributed by atoms with Gasteiger partial charge in [0.2, 0.25) is 0 Å². The highest BCUT2D eigenvalue weighted by Crippen LogP contribution is 1.95. The molecule has 0 radical (unpaired) electrons. The Kier molecular flexibility index (Phi) is 9.17. The van der Waals surface area contributed by atoms with Crippen LogP contribution in [0.4, 0.5) is 0 Å². The molecule has 0 aliphatic heterocycles. The number of aryl methyl sites for hydroxylation is 1. The number of carbonyl (C=O) groups is 2. The molecule has 0 saturated heterocycles. The topological polar surface area (TPSA) is 76.5 Å². The average molecular weight is 253 g/mol. The standard InChI is InChI=1S/C8H11N.C5H8O4/c1-2-5-8-6-3-4-7-9-8;1-2-9-5(8)3-4(6)7/h3-4,6-7H,2,5H2,1H3;2-3H2,1H3,(H,6,7). The van der Waals surface area contributed by atoms with Gasteiger partial charge in [-0.3, -0.25) is 14.6 Å². The number of rotatable bonds is 5. The molecule has 0 amide bonds. The highest BCUT2D eigenvalue weighted by molar-refractivity contribution is 5.90. The minimum Gasteiger partial charge on any atom is -0.481 e. The van der Waals surface area contributed by atoms with Crippen LogP contribution in [0.2, 0.25) is 0 Å². The summed E-state index contributed by atoms with van der Waals surface area (Å²) in [6, 6.07) is 6.03. The van der Waals surface area contributed by atoms with Crippen molar-refractivity contribution in [1.29, 1.82) is 0 Å². The number of hydrogen-bond donors (Lipinski definition) is 1. The third-order valence-corrected chi connectivity index (χ3v) is 1.83. The first kappa shape index (κ1) is 16.1. The molecule has 0 aliphatic rings. The van der Waals surface area contributed by atoms with Crippen molar-refractivity contribution >= 4 is 11.9 Å².